The van der Waals surface area contributed by atoms with Crippen molar-refractivity contribution in [1.29, 1.82) is 0 Å². The number of unbranched alkanes of at least 4 members (excludes halogenated alkanes) is 4. The summed E-state index contributed by atoms with van der Waals surface area (Å²) in [6.07, 6.45) is 11.0. The molecule has 0 amide bonds. The predicted molar refractivity (Wildman–Crippen MR) is 117 cm³/mol. The minimum Gasteiger partial charge on any atom is -0.398 e. The second kappa shape index (κ2) is 11.7. The van der Waals surface area contributed by atoms with E-state index in [1.807, 2.05) is 18.2 Å². The normalized spacial score (nSPS) is 12.5. The fourth-order valence-corrected chi connectivity index (χ4v) is 4.04. The summed E-state index contributed by atoms with van der Waals surface area (Å²) in [6, 6.07) is 5.89. The molecule has 156 valence electrons. The van der Waals surface area contributed by atoms with E-state index in [0.29, 0.717) is 5.69 Å². The van der Waals surface area contributed by atoms with Crippen molar-refractivity contribution >= 4 is 5.69 Å². The van der Waals surface area contributed by atoms with Crippen LogP contribution < -0.4 is 5.73 Å². The minimum absolute atomic E-state index is 0.599. The molecule has 1 aromatic rings. The Hall–Kier alpha value is -1.06. The molecule has 3 nitrogen and oxygen atoms in total. The van der Waals surface area contributed by atoms with Crippen LogP contribution in [0, 0.1) is 0 Å². The molecule has 0 fully saturated rings. The maximum absolute atomic E-state index is 11.5. The maximum atomic E-state index is 11.5. The van der Waals surface area contributed by atoms with Crippen molar-refractivity contribution in [2.75, 3.05) is 5.73 Å². The second-order valence-corrected chi connectivity index (χ2v) is 8.24. The molecule has 0 heterocycles. The van der Waals surface area contributed by atoms with Crippen molar-refractivity contribution in [3.63, 3.8) is 0 Å². The molecule has 3 heteroatoms. The van der Waals surface area contributed by atoms with Crippen molar-refractivity contribution in [3.8, 4) is 0 Å². The summed E-state index contributed by atoms with van der Waals surface area (Å²) in [6.45, 7) is 8.59. The van der Waals surface area contributed by atoms with E-state index in [9.17, 15) is 10.2 Å². The third kappa shape index (κ3) is 6.50. The van der Waals surface area contributed by atoms with Gasteiger partial charge in [-0.2, -0.15) is 0 Å². The van der Waals surface area contributed by atoms with Gasteiger partial charge in [0.05, 0.1) is 11.2 Å². The Morgan fingerprint density at radius 2 is 0.963 bits per heavy atom. The molecule has 0 aliphatic carbocycles. The lowest BCUT2D eigenvalue weighted by Gasteiger charge is -2.35. The molecule has 0 radical (unpaired) electrons. The van der Waals surface area contributed by atoms with Gasteiger partial charge in [0.15, 0.2) is 0 Å². The molecule has 1 rings (SSSR count). The van der Waals surface area contributed by atoms with Gasteiger partial charge in [-0.05, 0) is 25.7 Å². The molecule has 1 aromatic carbocycles. The van der Waals surface area contributed by atoms with E-state index in [-0.39, 0.29) is 0 Å². The zero-order chi connectivity index (χ0) is 20.3. The number of nitrogens with two attached hydrogens (primary N) is 1. The average molecular weight is 378 g/mol. The quantitative estimate of drug-likeness (QED) is 0.328. The number of nitrogen functional groups attached to an aromatic ring is 1. The van der Waals surface area contributed by atoms with Gasteiger partial charge in [-0.25, -0.2) is 0 Å². The number of benzene rings is 1. The van der Waals surface area contributed by atoms with E-state index in [2.05, 4.69) is 27.7 Å². The molecule has 0 aromatic heterocycles. The molecule has 0 aliphatic heterocycles. The van der Waals surface area contributed by atoms with Gasteiger partial charge in [0.1, 0.15) is 0 Å². The first kappa shape index (κ1) is 24.0. The Morgan fingerprint density at radius 3 is 1.22 bits per heavy atom. The van der Waals surface area contributed by atoms with Gasteiger partial charge in [-0.15, -0.1) is 0 Å². The Kier molecular flexibility index (Phi) is 10.4. The highest BCUT2D eigenvalue weighted by molar-refractivity contribution is 5.58. The summed E-state index contributed by atoms with van der Waals surface area (Å²) >= 11 is 0. The summed E-state index contributed by atoms with van der Waals surface area (Å²) in [7, 11) is 0. The first-order valence-corrected chi connectivity index (χ1v) is 11.2. The summed E-state index contributed by atoms with van der Waals surface area (Å²) in [5.41, 5.74) is 7.05. The lowest BCUT2D eigenvalue weighted by molar-refractivity contribution is 0.00916. The molecule has 4 N–H and O–H groups in total. The summed E-state index contributed by atoms with van der Waals surface area (Å²) < 4.78 is 0. The summed E-state index contributed by atoms with van der Waals surface area (Å²) in [4.78, 5) is 0. The van der Waals surface area contributed by atoms with Crippen LogP contribution in [0.15, 0.2) is 18.2 Å². The highest BCUT2D eigenvalue weighted by Crippen LogP contribution is 2.42. The van der Waals surface area contributed by atoms with Gasteiger partial charge in [0, 0.05) is 16.8 Å². The number of aliphatic hydroxyl groups is 2. The van der Waals surface area contributed by atoms with E-state index in [0.717, 1.165) is 88.2 Å². The molecule has 0 saturated carbocycles. The van der Waals surface area contributed by atoms with Crippen molar-refractivity contribution in [3.05, 3.63) is 29.3 Å². The van der Waals surface area contributed by atoms with Crippen molar-refractivity contribution in [1.82, 2.24) is 0 Å². The van der Waals surface area contributed by atoms with Crippen LogP contribution >= 0.6 is 0 Å². The average Bonchev–Trinajstić information content (AvgIpc) is 2.67. The van der Waals surface area contributed by atoms with Crippen LogP contribution in [0.4, 0.5) is 5.69 Å². The minimum atomic E-state index is -0.900. The lowest BCUT2D eigenvalue weighted by Crippen LogP contribution is -2.31. The fraction of sp³-hybridized carbons (Fsp3) is 0.750. The topological polar surface area (TPSA) is 66.5 Å². The SMILES string of the molecule is CCCCC(O)(CCCC)c1cccc(C(O)(CCCC)CCCC)c1N. The van der Waals surface area contributed by atoms with Crippen LogP contribution in [0.5, 0.6) is 0 Å². The zero-order valence-corrected chi connectivity index (χ0v) is 18.2. The summed E-state index contributed by atoms with van der Waals surface area (Å²) in [5.74, 6) is 0. The molecule has 0 atom stereocenters. The predicted octanol–water partition coefficient (Wildman–Crippen LogP) is 6.40. The lowest BCUT2D eigenvalue weighted by atomic mass is 9.78. The maximum Gasteiger partial charge on any atom is 0.0916 e. The Morgan fingerprint density at radius 1 is 0.667 bits per heavy atom. The molecule has 27 heavy (non-hydrogen) atoms. The van der Waals surface area contributed by atoms with Gasteiger partial charge in [-0.3, -0.25) is 0 Å². The highest BCUT2D eigenvalue weighted by atomic mass is 16.3. The fourth-order valence-electron chi connectivity index (χ4n) is 4.04. The van der Waals surface area contributed by atoms with Gasteiger partial charge in [0.2, 0.25) is 0 Å². The van der Waals surface area contributed by atoms with E-state index in [1.165, 1.54) is 0 Å². The first-order valence-electron chi connectivity index (χ1n) is 11.2. The van der Waals surface area contributed by atoms with Crippen molar-refractivity contribution < 1.29 is 10.2 Å². The third-order valence-corrected chi connectivity index (χ3v) is 5.88. The van der Waals surface area contributed by atoms with Crippen LogP contribution in [-0.4, -0.2) is 10.2 Å². The Labute approximate surface area is 167 Å². The van der Waals surface area contributed by atoms with E-state index in [1.54, 1.807) is 0 Å². The second-order valence-electron chi connectivity index (χ2n) is 8.24. The molecule has 0 saturated heterocycles. The molecular formula is C24H43NO2. The van der Waals surface area contributed by atoms with Crippen molar-refractivity contribution in [2.45, 2.75) is 116 Å². The van der Waals surface area contributed by atoms with Gasteiger partial charge >= 0.3 is 0 Å². The van der Waals surface area contributed by atoms with E-state index < -0.39 is 11.2 Å². The van der Waals surface area contributed by atoms with Gasteiger partial charge in [-0.1, -0.05) is 97.3 Å². The first-order chi connectivity index (χ1) is 12.9. The van der Waals surface area contributed by atoms with Crippen LogP contribution in [0.3, 0.4) is 0 Å². The molecule has 0 aliphatic rings. The van der Waals surface area contributed by atoms with Gasteiger partial charge < -0.3 is 15.9 Å². The molecular weight excluding hydrogens is 334 g/mol. The Bertz CT molecular complexity index is 481. The number of para-hydroxylation sites is 1. The molecule has 0 unspecified atom stereocenters. The number of rotatable bonds is 14. The molecule has 0 bridgehead atoms. The zero-order valence-electron chi connectivity index (χ0n) is 18.2. The standard InChI is InChI=1S/C24H43NO2/c1-5-9-16-23(26,17-10-6-2)20-14-13-15-21(22(20)25)24(27,18-11-7-3)19-12-8-4/h13-15,26-27H,5-12,16-19,25H2,1-4H3. The van der Waals surface area contributed by atoms with Crippen LogP contribution in [0.2, 0.25) is 0 Å². The smallest absolute Gasteiger partial charge is 0.0916 e. The van der Waals surface area contributed by atoms with E-state index >= 15 is 0 Å². The number of hydrogen-bond acceptors (Lipinski definition) is 3. The number of hydrogen-bond donors (Lipinski definition) is 3. The van der Waals surface area contributed by atoms with Crippen LogP contribution in [0.1, 0.15) is 116 Å². The van der Waals surface area contributed by atoms with Gasteiger partial charge in [0.25, 0.3) is 0 Å². The Balaban J connectivity index is 3.34. The van der Waals surface area contributed by atoms with Crippen molar-refractivity contribution in [2.24, 2.45) is 0 Å². The van der Waals surface area contributed by atoms with Crippen LogP contribution in [0.25, 0.3) is 0 Å². The molecule has 0 spiro atoms. The van der Waals surface area contributed by atoms with Crippen LogP contribution in [-0.2, 0) is 11.2 Å². The highest BCUT2D eigenvalue weighted by Gasteiger charge is 2.35. The summed E-state index contributed by atoms with van der Waals surface area (Å²) in [5, 5.41) is 23.0. The third-order valence-electron chi connectivity index (χ3n) is 5.88. The monoisotopic (exact) mass is 377 g/mol. The van der Waals surface area contributed by atoms with E-state index in [4.69, 9.17) is 5.73 Å². The largest absolute Gasteiger partial charge is 0.398 e. The number of anilines is 1.